The van der Waals surface area contributed by atoms with Crippen LogP contribution in [0.2, 0.25) is 25.1 Å². The van der Waals surface area contributed by atoms with Crippen LogP contribution in [0.1, 0.15) is 43.0 Å². The second-order valence-electron chi connectivity index (χ2n) is 7.99. The molecule has 0 unspecified atom stereocenters. The van der Waals surface area contributed by atoms with Gasteiger partial charge in [0.05, 0.1) is 38.1 Å². The molecular weight excluding hydrogens is 588 g/mol. The monoisotopic (exact) mass is 607 g/mol. The van der Waals surface area contributed by atoms with E-state index in [4.69, 9.17) is 58.0 Å². The third kappa shape index (κ3) is 7.00. The first-order valence-electron chi connectivity index (χ1n) is 10.8. The van der Waals surface area contributed by atoms with Crippen LogP contribution in [0.25, 0.3) is 0 Å². The van der Waals surface area contributed by atoms with Gasteiger partial charge in [0.15, 0.2) is 11.0 Å². The molecule has 3 rings (SSSR count). The summed E-state index contributed by atoms with van der Waals surface area (Å²) in [5.74, 6) is -0.0924. The maximum atomic E-state index is 13.0. The molecule has 7 nitrogen and oxygen atoms in total. The number of anilines is 1. The number of halogens is 5. The number of aromatic nitrogens is 3. The van der Waals surface area contributed by atoms with Gasteiger partial charge in [-0.25, -0.2) is 0 Å². The first kappa shape index (κ1) is 28.9. The van der Waals surface area contributed by atoms with Crippen LogP contribution in [0.3, 0.4) is 0 Å². The summed E-state index contributed by atoms with van der Waals surface area (Å²) in [4.78, 5) is 25.5. The molecule has 0 aliphatic rings. The van der Waals surface area contributed by atoms with Crippen LogP contribution in [0, 0.1) is 5.92 Å². The molecule has 2 aromatic carbocycles. The van der Waals surface area contributed by atoms with Gasteiger partial charge in [0.1, 0.15) is 0 Å². The fourth-order valence-electron chi connectivity index (χ4n) is 3.32. The van der Waals surface area contributed by atoms with Gasteiger partial charge >= 0.3 is 0 Å². The molecule has 0 radical (unpaired) electrons. The van der Waals surface area contributed by atoms with Crippen LogP contribution in [-0.4, -0.2) is 32.3 Å². The molecule has 36 heavy (non-hydrogen) atoms. The minimum atomic E-state index is -0.452. The fraction of sp³-hybridized carbons (Fsp3) is 0.304. The predicted molar refractivity (Wildman–Crippen MR) is 148 cm³/mol. The van der Waals surface area contributed by atoms with Crippen LogP contribution in [0.15, 0.2) is 35.5 Å². The molecule has 0 saturated heterocycles. The van der Waals surface area contributed by atoms with Gasteiger partial charge in [-0.2, -0.15) is 0 Å². The van der Waals surface area contributed by atoms with E-state index in [1.54, 1.807) is 12.1 Å². The molecule has 0 fully saturated rings. The number of carbonyl (C=O) groups excluding carboxylic acids is 2. The zero-order valence-corrected chi connectivity index (χ0v) is 24.0. The summed E-state index contributed by atoms with van der Waals surface area (Å²) in [7, 11) is 0. The van der Waals surface area contributed by atoms with E-state index < -0.39 is 6.04 Å². The number of rotatable bonds is 9. The summed E-state index contributed by atoms with van der Waals surface area (Å²) >= 11 is 31.6. The Bertz CT molecular complexity index is 1260. The van der Waals surface area contributed by atoms with Crippen molar-refractivity contribution >= 4 is 87.3 Å². The number of nitrogens with zero attached hydrogens (tertiary/aromatic N) is 3. The highest BCUT2D eigenvalue weighted by Gasteiger charge is 2.27. The first-order valence-corrected chi connectivity index (χ1v) is 13.7. The molecular formula is C23H22Cl5N5O2S. The van der Waals surface area contributed by atoms with E-state index in [-0.39, 0.29) is 44.2 Å². The Kier molecular flexibility index (Phi) is 10.2. The molecule has 13 heteroatoms. The molecule has 2 amide bonds. The van der Waals surface area contributed by atoms with Crippen molar-refractivity contribution in [2.75, 3.05) is 11.1 Å². The minimum absolute atomic E-state index is 0.00939. The van der Waals surface area contributed by atoms with E-state index in [0.717, 1.165) is 0 Å². The fourth-order valence-corrected chi connectivity index (χ4v) is 5.54. The second-order valence-corrected chi connectivity index (χ2v) is 11.0. The Hall–Kier alpha value is -1.68. The molecule has 0 spiro atoms. The molecule has 0 saturated carbocycles. The normalized spacial score (nSPS) is 12.0. The summed E-state index contributed by atoms with van der Waals surface area (Å²) in [6.45, 7) is 6.38. The van der Waals surface area contributed by atoms with Crippen LogP contribution < -0.4 is 10.6 Å². The van der Waals surface area contributed by atoms with Crippen molar-refractivity contribution in [3.8, 4) is 0 Å². The molecule has 0 bridgehead atoms. The summed E-state index contributed by atoms with van der Waals surface area (Å²) in [5, 5.41) is 16.3. The topological polar surface area (TPSA) is 88.9 Å². The van der Waals surface area contributed by atoms with E-state index in [1.807, 2.05) is 25.3 Å². The summed E-state index contributed by atoms with van der Waals surface area (Å²) in [6.07, 6.45) is 0. The van der Waals surface area contributed by atoms with Crippen LogP contribution in [-0.2, 0) is 11.3 Å². The third-order valence-corrected chi connectivity index (χ3v) is 7.40. The van der Waals surface area contributed by atoms with Crippen LogP contribution in [0.4, 0.5) is 5.69 Å². The van der Waals surface area contributed by atoms with Gasteiger partial charge in [-0.3, -0.25) is 9.59 Å². The van der Waals surface area contributed by atoms with Gasteiger partial charge in [0, 0.05) is 16.6 Å². The molecule has 1 aromatic heterocycles. The maximum Gasteiger partial charge on any atom is 0.253 e. The number of carbonyl (C=O) groups is 2. The van der Waals surface area contributed by atoms with E-state index >= 15 is 0 Å². The average Bonchev–Trinajstić information content (AvgIpc) is 3.20. The van der Waals surface area contributed by atoms with Crippen LogP contribution in [0.5, 0.6) is 0 Å². The maximum absolute atomic E-state index is 13.0. The Morgan fingerprint density at radius 1 is 0.972 bits per heavy atom. The Morgan fingerprint density at radius 2 is 1.61 bits per heavy atom. The number of amides is 2. The van der Waals surface area contributed by atoms with Crippen molar-refractivity contribution in [2.24, 2.45) is 5.92 Å². The van der Waals surface area contributed by atoms with Crippen molar-refractivity contribution in [2.45, 2.75) is 38.5 Å². The number of hydrogen-bond acceptors (Lipinski definition) is 5. The van der Waals surface area contributed by atoms with Crippen LogP contribution >= 0.6 is 69.8 Å². The zero-order valence-electron chi connectivity index (χ0n) is 19.4. The Morgan fingerprint density at radius 3 is 2.19 bits per heavy atom. The third-order valence-electron chi connectivity index (χ3n) is 5.07. The quantitative estimate of drug-likeness (QED) is 0.247. The predicted octanol–water partition coefficient (Wildman–Crippen LogP) is 7.42. The lowest BCUT2D eigenvalue weighted by atomic mass is 10.0. The van der Waals surface area contributed by atoms with E-state index in [2.05, 4.69) is 20.8 Å². The molecule has 0 aliphatic heterocycles. The van der Waals surface area contributed by atoms with Crippen molar-refractivity contribution in [3.05, 3.63) is 66.8 Å². The zero-order chi connectivity index (χ0) is 26.6. The lowest BCUT2D eigenvalue weighted by molar-refractivity contribution is -0.113. The lowest BCUT2D eigenvalue weighted by Crippen LogP contribution is -2.34. The minimum Gasteiger partial charge on any atom is -0.342 e. The molecule has 3 aromatic rings. The summed E-state index contributed by atoms with van der Waals surface area (Å²) < 4.78 is 1.86. The van der Waals surface area contributed by atoms with Crippen molar-refractivity contribution in [3.63, 3.8) is 0 Å². The molecule has 2 N–H and O–H groups in total. The van der Waals surface area contributed by atoms with Gasteiger partial charge in [0.25, 0.3) is 5.91 Å². The van der Waals surface area contributed by atoms with Crippen molar-refractivity contribution < 1.29 is 9.59 Å². The first-order chi connectivity index (χ1) is 17.0. The number of benzene rings is 2. The van der Waals surface area contributed by atoms with Gasteiger partial charge in [0.2, 0.25) is 5.91 Å². The molecule has 1 heterocycles. The number of hydrogen-bond donors (Lipinski definition) is 2. The summed E-state index contributed by atoms with van der Waals surface area (Å²) in [5.41, 5.74) is 0.592. The highest BCUT2D eigenvalue weighted by atomic mass is 35.5. The lowest BCUT2D eigenvalue weighted by Gasteiger charge is -2.22. The van der Waals surface area contributed by atoms with Crippen molar-refractivity contribution in [1.82, 2.24) is 20.1 Å². The molecule has 1 atom stereocenters. The van der Waals surface area contributed by atoms with Gasteiger partial charge in [-0.1, -0.05) is 83.6 Å². The molecule has 0 aliphatic carbocycles. The number of thioether (sulfide) groups is 1. The smallest absolute Gasteiger partial charge is 0.253 e. The highest BCUT2D eigenvalue weighted by molar-refractivity contribution is 7.99. The highest BCUT2D eigenvalue weighted by Crippen LogP contribution is 2.34. The average molecular weight is 610 g/mol. The standard InChI is InChI=1S/C23H22Cl5N5O2S/c1-4-33-21(19(11(2)3)30-22(35)14-6-5-12(24)7-15(14)26)31-32-23(33)36-10-18(34)29-20-16(27)8-13(25)9-17(20)28/h5-9,11,19H,4,10H2,1-3H3,(H,29,34)(H,30,35)/t19-/m0/s1. The van der Waals surface area contributed by atoms with E-state index in [9.17, 15) is 9.59 Å². The second kappa shape index (κ2) is 12.7. The van der Waals surface area contributed by atoms with E-state index in [0.29, 0.717) is 33.1 Å². The Balaban J connectivity index is 1.75. The van der Waals surface area contributed by atoms with Crippen molar-refractivity contribution in [1.29, 1.82) is 0 Å². The van der Waals surface area contributed by atoms with Gasteiger partial charge in [-0.05, 0) is 43.2 Å². The number of nitrogens with one attached hydrogen (secondary N) is 2. The summed E-state index contributed by atoms with van der Waals surface area (Å²) in [6, 6.07) is 7.23. The SMILES string of the molecule is CCn1c(SCC(=O)Nc2c(Cl)cc(Cl)cc2Cl)nnc1[C@@H](NC(=O)c1ccc(Cl)cc1Cl)C(C)C. The van der Waals surface area contributed by atoms with Gasteiger partial charge < -0.3 is 15.2 Å². The van der Waals surface area contributed by atoms with Gasteiger partial charge in [-0.15, -0.1) is 10.2 Å². The Labute approximate surface area is 238 Å². The molecule has 192 valence electrons. The largest absolute Gasteiger partial charge is 0.342 e. The van der Waals surface area contributed by atoms with E-state index in [1.165, 1.54) is 30.0 Å².